The monoisotopic (exact) mass is 707 g/mol. The number of anilines is 2. The average molecular weight is 708 g/mol. The molecule has 3 N–H and O–H groups in total. The minimum atomic E-state index is -1.04. The van der Waals surface area contributed by atoms with Crippen LogP contribution in [0.25, 0.3) is 0 Å². The number of piperidine rings is 3. The molecule has 0 aliphatic carbocycles. The van der Waals surface area contributed by atoms with E-state index in [0.717, 1.165) is 37.2 Å². The van der Waals surface area contributed by atoms with Crippen molar-refractivity contribution >= 4 is 35.3 Å². The summed E-state index contributed by atoms with van der Waals surface area (Å²) in [6.45, 7) is 4.87. The van der Waals surface area contributed by atoms with Crippen LogP contribution < -0.4 is 20.7 Å². The quantitative estimate of drug-likeness (QED) is 0.255. The molecule has 7 rings (SSSR count). The van der Waals surface area contributed by atoms with E-state index in [-0.39, 0.29) is 30.3 Å². The third-order valence-corrected chi connectivity index (χ3v) is 10.9. The lowest BCUT2D eigenvalue weighted by atomic mass is 9.98. The highest BCUT2D eigenvalue weighted by Crippen LogP contribution is 2.30. The van der Waals surface area contributed by atoms with Crippen LogP contribution in [0.15, 0.2) is 78.9 Å². The van der Waals surface area contributed by atoms with Gasteiger partial charge in [0.05, 0.1) is 12.1 Å². The maximum atomic E-state index is 14.1. The number of nitrogens with one attached hydrogen (secondary N) is 3. The molecule has 0 radical (unpaired) electrons. The van der Waals surface area contributed by atoms with E-state index in [4.69, 9.17) is 4.74 Å². The van der Waals surface area contributed by atoms with Crippen LogP contribution in [0.2, 0.25) is 0 Å². The first kappa shape index (κ1) is 35.3. The standard InChI is InChI=1S/C40H49N7O5/c48-37(45-23-19-31(20-24-45)47-28-29-11-5-6-14-33(29)43-40(47)51)27-35(38(49)46-25-17-30(18-26-46)44-21-9-2-10-22-44)42-39(50)41-34-15-7-8-16-36(34)52-32-12-3-1-4-13-32/h1,3-8,11-16,30-31,35H,2,9-10,17-28H2,(H,43,51)(H2,41,42,50)/t35-/m0/s1. The van der Waals surface area contributed by atoms with Gasteiger partial charge in [-0.05, 0) is 87.5 Å². The minimum Gasteiger partial charge on any atom is -0.455 e. The van der Waals surface area contributed by atoms with Gasteiger partial charge in [-0.25, -0.2) is 9.59 Å². The fourth-order valence-corrected chi connectivity index (χ4v) is 7.99. The van der Waals surface area contributed by atoms with Gasteiger partial charge in [-0.15, -0.1) is 0 Å². The SMILES string of the molecule is O=C(Nc1ccccc1Oc1ccccc1)N[C@@H](CC(=O)N1CCC(N2Cc3ccccc3NC2=O)CC1)C(=O)N1CCC(N2CCCCC2)CC1. The van der Waals surface area contributed by atoms with Crippen LogP contribution >= 0.6 is 0 Å². The first-order valence-corrected chi connectivity index (χ1v) is 18.8. The number of hydrogen-bond donors (Lipinski definition) is 3. The highest BCUT2D eigenvalue weighted by molar-refractivity contribution is 5.97. The number of ether oxygens (including phenoxy) is 1. The highest BCUT2D eigenvalue weighted by atomic mass is 16.5. The van der Waals surface area contributed by atoms with Gasteiger partial charge in [-0.2, -0.15) is 0 Å². The summed E-state index contributed by atoms with van der Waals surface area (Å²) in [5.41, 5.74) is 2.35. The molecule has 3 saturated heterocycles. The number of amides is 6. The van der Waals surface area contributed by atoms with E-state index in [1.54, 1.807) is 23.1 Å². The zero-order valence-corrected chi connectivity index (χ0v) is 29.7. The smallest absolute Gasteiger partial charge is 0.322 e. The molecule has 3 aromatic rings. The predicted molar refractivity (Wildman–Crippen MR) is 199 cm³/mol. The van der Waals surface area contributed by atoms with E-state index >= 15 is 0 Å². The summed E-state index contributed by atoms with van der Waals surface area (Å²) in [4.78, 5) is 62.4. The van der Waals surface area contributed by atoms with Crippen molar-refractivity contribution in [3.63, 3.8) is 0 Å². The van der Waals surface area contributed by atoms with Gasteiger partial charge >= 0.3 is 12.1 Å². The molecule has 4 heterocycles. The molecule has 0 unspecified atom stereocenters. The number of likely N-dealkylation sites (tertiary alicyclic amines) is 3. The molecule has 4 aliphatic rings. The summed E-state index contributed by atoms with van der Waals surface area (Å²) in [5, 5.41) is 8.70. The number of rotatable bonds is 9. The van der Waals surface area contributed by atoms with Gasteiger partial charge < -0.3 is 40.3 Å². The Labute approximate surface area is 305 Å². The molecule has 6 amide bonds. The number of nitrogens with zero attached hydrogens (tertiary/aromatic N) is 4. The molecular formula is C40H49N7O5. The van der Waals surface area contributed by atoms with Gasteiger partial charge in [0.15, 0.2) is 5.75 Å². The summed E-state index contributed by atoms with van der Waals surface area (Å²) in [6, 6.07) is 22.9. The van der Waals surface area contributed by atoms with Crippen LogP contribution in [0, 0.1) is 0 Å². The minimum absolute atomic E-state index is 0.00175. The molecule has 1 atom stereocenters. The maximum Gasteiger partial charge on any atom is 0.322 e. The van der Waals surface area contributed by atoms with Crippen LogP contribution in [0.4, 0.5) is 21.0 Å². The lowest BCUT2D eigenvalue weighted by Crippen LogP contribution is -2.56. The van der Waals surface area contributed by atoms with E-state index in [2.05, 4.69) is 20.9 Å². The van der Waals surface area contributed by atoms with Gasteiger partial charge in [0.2, 0.25) is 11.8 Å². The number of carbonyl (C=O) groups is 4. The Balaban J connectivity index is 0.997. The van der Waals surface area contributed by atoms with Crippen molar-refractivity contribution in [2.45, 2.75) is 76.0 Å². The maximum absolute atomic E-state index is 14.1. The first-order valence-electron chi connectivity index (χ1n) is 18.8. The Morgan fingerprint density at radius 3 is 2.17 bits per heavy atom. The van der Waals surface area contributed by atoms with Crippen molar-refractivity contribution in [3.8, 4) is 11.5 Å². The van der Waals surface area contributed by atoms with Crippen LogP contribution in [-0.2, 0) is 16.1 Å². The molecule has 0 saturated carbocycles. The van der Waals surface area contributed by atoms with Gasteiger partial charge in [0, 0.05) is 50.5 Å². The Morgan fingerprint density at radius 2 is 1.40 bits per heavy atom. The Morgan fingerprint density at radius 1 is 0.750 bits per heavy atom. The molecule has 3 fully saturated rings. The van der Waals surface area contributed by atoms with Crippen molar-refractivity contribution < 1.29 is 23.9 Å². The lowest BCUT2D eigenvalue weighted by Gasteiger charge is -2.41. The van der Waals surface area contributed by atoms with Gasteiger partial charge in [0.25, 0.3) is 0 Å². The van der Waals surface area contributed by atoms with Crippen LogP contribution in [0.3, 0.4) is 0 Å². The third kappa shape index (κ3) is 8.50. The molecule has 0 aromatic heterocycles. The second-order valence-electron chi connectivity index (χ2n) is 14.2. The molecule has 52 heavy (non-hydrogen) atoms. The zero-order valence-electron chi connectivity index (χ0n) is 29.7. The normalized spacial score (nSPS) is 19.3. The molecule has 0 bridgehead atoms. The van der Waals surface area contributed by atoms with Crippen molar-refractivity contribution in [3.05, 3.63) is 84.4 Å². The lowest BCUT2D eigenvalue weighted by molar-refractivity contribution is -0.140. The largest absolute Gasteiger partial charge is 0.455 e. The van der Waals surface area contributed by atoms with Crippen molar-refractivity contribution in [1.82, 2.24) is 24.9 Å². The fourth-order valence-electron chi connectivity index (χ4n) is 7.99. The molecule has 0 spiro atoms. The Hall–Kier alpha value is -5.10. The molecule has 3 aromatic carbocycles. The number of benzene rings is 3. The van der Waals surface area contributed by atoms with E-state index in [0.29, 0.717) is 68.8 Å². The zero-order chi connectivity index (χ0) is 35.9. The summed E-state index contributed by atoms with van der Waals surface area (Å²) in [7, 11) is 0. The van der Waals surface area contributed by atoms with Crippen LogP contribution in [0.5, 0.6) is 11.5 Å². The Bertz CT molecular complexity index is 1720. The van der Waals surface area contributed by atoms with E-state index in [9.17, 15) is 19.2 Å². The summed E-state index contributed by atoms with van der Waals surface area (Å²) in [6.07, 6.45) is 6.60. The van der Waals surface area contributed by atoms with E-state index in [1.807, 2.05) is 70.5 Å². The molecule has 12 nitrogen and oxygen atoms in total. The van der Waals surface area contributed by atoms with Gasteiger partial charge in [0.1, 0.15) is 11.8 Å². The van der Waals surface area contributed by atoms with Crippen molar-refractivity contribution in [2.75, 3.05) is 49.9 Å². The number of urea groups is 2. The summed E-state index contributed by atoms with van der Waals surface area (Å²) >= 11 is 0. The fraction of sp³-hybridized carbons (Fsp3) is 0.450. The van der Waals surface area contributed by atoms with E-state index in [1.165, 1.54) is 19.3 Å². The number of carbonyl (C=O) groups excluding carboxylic acids is 4. The van der Waals surface area contributed by atoms with Crippen molar-refractivity contribution in [1.29, 1.82) is 0 Å². The topological polar surface area (TPSA) is 127 Å². The molecule has 12 heteroatoms. The van der Waals surface area contributed by atoms with Gasteiger partial charge in [-0.1, -0.05) is 55.0 Å². The summed E-state index contributed by atoms with van der Waals surface area (Å²) in [5.74, 6) is 0.643. The molecule has 4 aliphatic heterocycles. The van der Waals surface area contributed by atoms with E-state index < -0.39 is 12.1 Å². The third-order valence-electron chi connectivity index (χ3n) is 10.9. The highest BCUT2D eigenvalue weighted by Gasteiger charge is 2.36. The van der Waals surface area contributed by atoms with Gasteiger partial charge in [-0.3, -0.25) is 9.59 Å². The summed E-state index contributed by atoms with van der Waals surface area (Å²) < 4.78 is 6.03. The van der Waals surface area contributed by atoms with Crippen LogP contribution in [0.1, 0.15) is 56.9 Å². The second-order valence-corrected chi connectivity index (χ2v) is 14.2. The number of fused-ring (bicyclic) bond motifs is 1. The van der Waals surface area contributed by atoms with Crippen molar-refractivity contribution in [2.24, 2.45) is 0 Å². The first-order chi connectivity index (χ1) is 25.4. The second kappa shape index (κ2) is 16.5. The molecular weight excluding hydrogens is 658 g/mol. The predicted octanol–water partition coefficient (Wildman–Crippen LogP) is 5.87. The number of hydrogen-bond acceptors (Lipinski definition) is 6. The molecule has 274 valence electrons. The average Bonchev–Trinajstić information content (AvgIpc) is 3.18. The Kier molecular flexibility index (Phi) is 11.2. The van der Waals surface area contributed by atoms with Crippen LogP contribution in [-0.4, -0.2) is 101 Å². The number of para-hydroxylation sites is 4.